The Balaban J connectivity index is -0.000000254. The fourth-order valence-corrected chi connectivity index (χ4v) is 4.81. The molecule has 0 saturated carbocycles. The molecular weight excluding hydrogens is 2250 g/mol. The zero-order valence-corrected chi connectivity index (χ0v) is 67.1. The van der Waals surface area contributed by atoms with E-state index in [1.807, 2.05) is 0 Å². The van der Waals surface area contributed by atoms with Crippen molar-refractivity contribution < 1.29 is 354 Å². The number of rotatable bonds is 8. The van der Waals surface area contributed by atoms with Crippen LogP contribution in [0.2, 0.25) is 0 Å². The van der Waals surface area contributed by atoms with Crippen molar-refractivity contribution in [1.82, 2.24) is 0 Å². The van der Waals surface area contributed by atoms with Crippen molar-refractivity contribution in [3.05, 3.63) is 203 Å². The van der Waals surface area contributed by atoms with Crippen molar-refractivity contribution in [2.24, 2.45) is 0 Å². The number of phenols is 6. The first kappa shape index (κ1) is 81.4. The van der Waals surface area contributed by atoms with Crippen LogP contribution >= 0.6 is 0 Å². The Kier molecular flexibility index (Phi) is 50.0. The minimum atomic E-state index is -1.11. The Morgan fingerprint density at radius 3 is 1.18 bits per heavy atom. The first-order chi connectivity index (χ1) is 32.2. The van der Waals surface area contributed by atoms with E-state index in [4.69, 9.17) is 51.1 Å². The molecule has 24 heteroatoms. The van der Waals surface area contributed by atoms with Crippen LogP contribution in [-0.2, 0) is 9.59 Å². The third-order valence-electron chi connectivity index (χ3n) is 8.07. The largest absolute Gasteiger partial charge is 0.508 e. The van der Waals surface area contributed by atoms with Crippen molar-refractivity contribution in [3.63, 3.8) is 0 Å². The summed E-state index contributed by atoms with van der Waals surface area (Å²) < 4.78 is 0. The minimum Gasteiger partial charge on any atom is -0.508 e. The standard InChI is InChI=1S/C11H8O3.2C9H8O3.3C7H6O3.6Ac/c12-10-4-3-7-5-9(11(13)14)2-1-8(7)6-10;10-8-4-1-7(2-5-8)3-6-9(11)12;10-8-4-2-1-3-7(8)5-6-9(11)12;8-6-3-1-5(2-4-6)7(9)10;8-6-3-1-2-5(4-6)7(9)10;8-6-4-2-1-3-5(6)7(9)10;;;;;;/h1-6,12H,(H,13,14);2*1-6,10H,(H,11,12);3*1-4,8H,(H,9,10);;;;;;/b;6-3+;6-5+;;;;;;;;;. The molecule has 0 bridgehead atoms. The maximum atomic E-state index is 10.7. The van der Waals surface area contributed by atoms with Gasteiger partial charge in [0.15, 0.2) is 0 Å². The number of aliphatic carboxylic acids is 2. The van der Waals surface area contributed by atoms with Crippen LogP contribution in [0.25, 0.3) is 22.9 Å². The van der Waals surface area contributed by atoms with Gasteiger partial charge in [-0.3, -0.25) is 0 Å². The Morgan fingerprint density at radius 2 is 0.730 bits per heavy atom. The van der Waals surface area contributed by atoms with Crippen molar-refractivity contribution in [2.75, 3.05) is 0 Å². The number of carbonyl (C=O) groups is 6. The monoisotopic (exact) mass is 2290 g/mol. The Bertz CT molecular complexity index is 2900. The van der Waals surface area contributed by atoms with E-state index in [1.165, 1.54) is 103 Å². The molecule has 0 aliphatic carbocycles. The van der Waals surface area contributed by atoms with E-state index in [0.29, 0.717) is 5.56 Å². The normalized spacial score (nSPS) is 9.03. The number of phenolic OH excluding ortho intramolecular Hbond substituents is 5. The second kappa shape index (κ2) is 45.4. The molecule has 0 fully saturated rings. The molecule has 7 aromatic carbocycles. The van der Waals surface area contributed by atoms with Crippen LogP contribution in [0.1, 0.15) is 52.6 Å². The molecule has 0 aromatic heterocycles. The number of carboxylic acids is 6. The smallest absolute Gasteiger partial charge is 0.339 e. The molecule has 368 valence electrons. The molecule has 0 aliphatic rings. The average molecular weight is 2290 g/mol. The summed E-state index contributed by atoms with van der Waals surface area (Å²) in [6.07, 6.45) is 4.83. The number of benzene rings is 7. The third kappa shape index (κ3) is 35.1. The van der Waals surface area contributed by atoms with Gasteiger partial charge in [0.05, 0.1) is 16.7 Å². The second-order valence-corrected chi connectivity index (χ2v) is 13.1. The Labute approximate surface area is 638 Å². The Hall–Kier alpha value is -1.45. The molecule has 6 radical (unpaired) electrons. The molecule has 18 nitrogen and oxygen atoms in total. The third-order valence-corrected chi connectivity index (χ3v) is 8.07. The molecule has 0 unspecified atom stereocenters. The SMILES string of the molecule is O=C(O)/C=C/c1ccc(O)cc1.O=C(O)/C=C/c1ccccc1O.O=C(O)c1ccc(O)cc1.O=C(O)c1ccc2cc(O)ccc2c1.O=C(O)c1cccc(O)c1.O=C(O)c1ccccc1O.[Ac].[Ac].[Ac].[Ac].[Ac].[Ac]. The van der Waals surface area contributed by atoms with Crippen LogP contribution < -0.4 is 0 Å². The van der Waals surface area contributed by atoms with Gasteiger partial charge < -0.3 is 61.3 Å². The fraction of sp³-hybridized carbons (Fsp3) is 0. The number of para-hydroxylation sites is 2. The van der Waals surface area contributed by atoms with Gasteiger partial charge in [0, 0.05) is 282 Å². The van der Waals surface area contributed by atoms with Crippen LogP contribution in [0.4, 0.5) is 0 Å². The van der Waals surface area contributed by atoms with E-state index in [2.05, 4.69) is 0 Å². The van der Waals surface area contributed by atoms with E-state index in [1.54, 1.807) is 66.7 Å². The zero-order chi connectivity index (χ0) is 50.8. The number of fused-ring (bicyclic) bond motifs is 1. The molecular formula is C50H42Ac6O18. The van der Waals surface area contributed by atoms with Gasteiger partial charge in [-0.05, 0) is 126 Å². The van der Waals surface area contributed by atoms with Crippen LogP contribution in [-0.4, -0.2) is 97.1 Å². The van der Waals surface area contributed by atoms with Gasteiger partial charge in [0.1, 0.15) is 40.1 Å². The van der Waals surface area contributed by atoms with Gasteiger partial charge >= 0.3 is 35.8 Å². The summed E-state index contributed by atoms with van der Waals surface area (Å²) in [5, 5.41) is 106. The van der Waals surface area contributed by atoms with Crippen molar-refractivity contribution in [2.45, 2.75) is 0 Å². The molecule has 0 spiro atoms. The number of aromatic hydroxyl groups is 6. The predicted molar refractivity (Wildman–Crippen MR) is 247 cm³/mol. The fourth-order valence-electron chi connectivity index (χ4n) is 4.81. The van der Waals surface area contributed by atoms with Crippen molar-refractivity contribution in [3.8, 4) is 34.5 Å². The van der Waals surface area contributed by atoms with E-state index in [0.717, 1.165) is 28.5 Å². The summed E-state index contributed by atoms with van der Waals surface area (Å²) in [6, 6.07) is 39.1. The van der Waals surface area contributed by atoms with Crippen LogP contribution in [0, 0.1) is 264 Å². The van der Waals surface area contributed by atoms with Gasteiger partial charge in [-0.15, -0.1) is 0 Å². The predicted octanol–water partition coefficient (Wildman–Crippen LogP) is 8.49. The molecule has 7 rings (SSSR count). The molecule has 7 aromatic rings. The number of hydrogen-bond acceptors (Lipinski definition) is 12. The maximum absolute atomic E-state index is 10.7. The summed E-state index contributed by atoms with van der Waals surface area (Å²) in [7, 11) is 0. The summed E-state index contributed by atoms with van der Waals surface area (Å²) >= 11 is 0. The van der Waals surface area contributed by atoms with Crippen LogP contribution in [0.5, 0.6) is 34.5 Å². The average Bonchev–Trinajstić information content (AvgIpc) is 3.29. The quantitative estimate of drug-likeness (QED) is 0.0634. The number of aromatic carboxylic acids is 4. The molecule has 74 heavy (non-hydrogen) atoms. The van der Waals surface area contributed by atoms with Gasteiger partial charge in [0.2, 0.25) is 0 Å². The number of carboxylic acid groups (broad SMARTS) is 6. The Morgan fingerprint density at radius 1 is 0.324 bits per heavy atom. The van der Waals surface area contributed by atoms with E-state index >= 15 is 0 Å². The minimum absolute atomic E-state index is 0. The van der Waals surface area contributed by atoms with Crippen molar-refractivity contribution in [1.29, 1.82) is 0 Å². The topological polar surface area (TPSA) is 345 Å². The van der Waals surface area contributed by atoms with Gasteiger partial charge in [0.25, 0.3) is 0 Å². The summed E-state index contributed by atoms with van der Waals surface area (Å²) in [5.41, 5.74) is 1.71. The van der Waals surface area contributed by atoms with Gasteiger partial charge in [-0.1, -0.05) is 60.7 Å². The molecule has 0 saturated heterocycles. The number of hydrogen-bond donors (Lipinski definition) is 12. The van der Waals surface area contributed by atoms with E-state index in [-0.39, 0.29) is 321 Å². The van der Waals surface area contributed by atoms with Crippen LogP contribution in [0.15, 0.2) is 170 Å². The zero-order valence-electron chi connectivity index (χ0n) is 38.6. The van der Waals surface area contributed by atoms with Crippen LogP contribution in [0.3, 0.4) is 0 Å². The summed E-state index contributed by atoms with van der Waals surface area (Å²) in [6.45, 7) is 0. The molecule has 0 heterocycles. The van der Waals surface area contributed by atoms with Gasteiger partial charge in [-0.25, -0.2) is 28.8 Å². The van der Waals surface area contributed by atoms with E-state index in [9.17, 15) is 39.0 Å². The van der Waals surface area contributed by atoms with Crippen molar-refractivity contribution >= 4 is 58.7 Å². The summed E-state index contributed by atoms with van der Waals surface area (Å²) in [5.74, 6) is -5.81. The molecule has 0 amide bonds. The molecule has 0 aliphatic heterocycles. The first-order valence-corrected chi connectivity index (χ1v) is 19.1. The summed E-state index contributed by atoms with van der Waals surface area (Å²) in [4.78, 5) is 61.6. The van der Waals surface area contributed by atoms with Gasteiger partial charge in [-0.2, -0.15) is 0 Å². The second-order valence-electron chi connectivity index (χ2n) is 13.1. The molecule has 0 atom stereocenters. The maximum Gasteiger partial charge on any atom is 0.339 e. The first-order valence-electron chi connectivity index (χ1n) is 19.1. The molecule has 12 N–H and O–H groups in total. The van der Waals surface area contributed by atoms with E-state index < -0.39 is 35.8 Å².